The van der Waals surface area contributed by atoms with Crippen LogP contribution < -0.4 is 5.32 Å². The smallest absolute Gasteiger partial charge is 0.0621 e. The molecule has 1 heterocycles. The summed E-state index contributed by atoms with van der Waals surface area (Å²) in [6, 6.07) is 2.53. The van der Waals surface area contributed by atoms with Crippen LogP contribution in [0.15, 0.2) is 30.1 Å². The van der Waals surface area contributed by atoms with Crippen molar-refractivity contribution >= 4 is 11.6 Å². The SMILES string of the molecule is CCCNC(CC1=CCCCC1)Cc1ccncc1Cl. The van der Waals surface area contributed by atoms with Gasteiger partial charge in [-0.25, -0.2) is 0 Å². The second-order valence-electron chi connectivity index (χ2n) is 5.63. The summed E-state index contributed by atoms with van der Waals surface area (Å²) in [5, 5.41) is 4.46. The van der Waals surface area contributed by atoms with Gasteiger partial charge in [0.25, 0.3) is 0 Å². The second kappa shape index (κ2) is 8.43. The summed E-state index contributed by atoms with van der Waals surface area (Å²) in [5.41, 5.74) is 2.82. The minimum Gasteiger partial charge on any atom is -0.313 e. The second-order valence-corrected chi connectivity index (χ2v) is 6.04. The van der Waals surface area contributed by atoms with Gasteiger partial charge in [0.2, 0.25) is 0 Å². The molecule has 110 valence electrons. The van der Waals surface area contributed by atoms with E-state index in [4.69, 9.17) is 11.6 Å². The fourth-order valence-corrected chi connectivity index (χ4v) is 3.00. The molecular weight excluding hydrogens is 268 g/mol. The van der Waals surface area contributed by atoms with Crippen LogP contribution in [0.2, 0.25) is 5.02 Å². The fraction of sp³-hybridized carbons (Fsp3) is 0.588. The highest BCUT2D eigenvalue weighted by Gasteiger charge is 2.14. The lowest BCUT2D eigenvalue weighted by molar-refractivity contribution is 0.490. The molecule has 0 bridgehead atoms. The third-order valence-corrected chi connectivity index (χ3v) is 4.24. The molecule has 2 nitrogen and oxygen atoms in total. The van der Waals surface area contributed by atoms with Gasteiger partial charge in [-0.15, -0.1) is 0 Å². The Labute approximate surface area is 127 Å². The zero-order chi connectivity index (χ0) is 14.2. The van der Waals surface area contributed by atoms with Gasteiger partial charge in [0.1, 0.15) is 0 Å². The first-order chi connectivity index (χ1) is 9.79. The monoisotopic (exact) mass is 292 g/mol. The molecule has 3 heteroatoms. The van der Waals surface area contributed by atoms with Gasteiger partial charge in [-0.2, -0.15) is 0 Å². The van der Waals surface area contributed by atoms with E-state index in [-0.39, 0.29) is 0 Å². The molecule has 1 N–H and O–H groups in total. The minimum absolute atomic E-state index is 0.485. The van der Waals surface area contributed by atoms with Crippen LogP contribution >= 0.6 is 11.6 Å². The third-order valence-electron chi connectivity index (χ3n) is 3.90. The zero-order valence-corrected chi connectivity index (χ0v) is 13.1. The zero-order valence-electron chi connectivity index (χ0n) is 12.4. The van der Waals surface area contributed by atoms with E-state index >= 15 is 0 Å². The summed E-state index contributed by atoms with van der Waals surface area (Å²) in [7, 11) is 0. The molecule has 1 aromatic heterocycles. The Morgan fingerprint density at radius 2 is 2.25 bits per heavy atom. The van der Waals surface area contributed by atoms with Crippen LogP contribution in [0.3, 0.4) is 0 Å². The van der Waals surface area contributed by atoms with Gasteiger partial charge in [0.15, 0.2) is 0 Å². The van der Waals surface area contributed by atoms with E-state index < -0.39 is 0 Å². The van der Waals surface area contributed by atoms with Gasteiger partial charge in [-0.05, 0) is 63.1 Å². The standard InChI is InChI=1S/C17H25ClN2/c1-2-9-20-16(11-14-6-4-3-5-7-14)12-15-8-10-19-13-17(15)18/h6,8,10,13,16,20H,2-5,7,9,11-12H2,1H3. The van der Waals surface area contributed by atoms with E-state index in [1.807, 2.05) is 12.3 Å². The number of hydrogen-bond donors (Lipinski definition) is 1. The number of allylic oxidation sites excluding steroid dienone is 1. The molecule has 2 rings (SSSR count). The maximum atomic E-state index is 6.24. The summed E-state index contributed by atoms with van der Waals surface area (Å²) in [4.78, 5) is 4.07. The molecule has 0 amide bonds. The molecule has 1 atom stereocenters. The molecule has 0 fully saturated rings. The first-order valence-corrected chi connectivity index (χ1v) is 8.17. The normalized spacial score (nSPS) is 16.8. The molecule has 1 unspecified atom stereocenters. The molecule has 0 aromatic carbocycles. The minimum atomic E-state index is 0.485. The van der Waals surface area contributed by atoms with Crippen LogP contribution in [-0.2, 0) is 6.42 Å². The van der Waals surface area contributed by atoms with Gasteiger partial charge in [-0.1, -0.05) is 30.2 Å². The third kappa shape index (κ3) is 4.92. The Bertz CT molecular complexity index is 442. The lowest BCUT2D eigenvalue weighted by atomic mass is 9.92. The highest BCUT2D eigenvalue weighted by molar-refractivity contribution is 6.31. The van der Waals surface area contributed by atoms with Crippen LogP contribution in [0.1, 0.15) is 51.0 Å². The van der Waals surface area contributed by atoms with Crippen molar-refractivity contribution in [2.24, 2.45) is 0 Å². The molecule has 0 saturated heterocycles. The van der Waals surface area contributed by atoms with Gasteiger partial charge in [0.05, 0.1) is 5.02 Å². The molecular formula is C17H25ClN2. The maximum Gasteiger partial charge on any atom is 0.0621 e. The van der Waals surface area contributed by atoms with Crippen molar-refractivity contribution in [3.05, 3.63) is 40.7 Å². The molecule has 20 heavy (non-hydrogen) atoms. The first kappa shape index (κ1) is 15.5. The van der Waals surface area contributed by atoms with Crippen molar-refractivity contribution in [3.8, 4) is 0 Å². The number of nitrogens with one attached hydrogen (secondary N) is 1. The molecule has 0 spiro atoms. The maximum absolute atomic E-state index is 6.24. The number of nitrogens with zero attached hydrogens (tertiary/aromatic N) is 1. The number of halogens is 1. The number of pyridine rings is 1. The van der Waals surface area contributed by atoms with E-state index in [1.54, 1.807) is 11.8 Å². The molecule has 1 aromatic rings. The lowest BCUT2D eigenvalue weighted by Crippen LogP contribution is -2.32. The lowest BCUT2D eigenvalue weighted by Gasteiger charge is -2.22. The quantitative estimate of drug-likeness (QED) is 0.747. The fourth-order valence-electron chi connectivity index (χ4n) is 2.81. The molecule has 1 aliphatic rings. The van der Waals surface area contributed by atoms with Crippen molar-refractivity contribution in [1.29, 1.82) is 0 Å². The summed E-state index contributed by atoms with van der Waals surface area (Å²) in [5.74, 6) is 0. The molecule has 0 saturated carbocycles. The summed E-state index contributed by atoms with van der Waals surface area (Å²) >= 11 is 6.24. The Kier molecular flexibility index (Phi) is 6.55. The van der Waals surface area contributed by atoms with Crippen LogP contribution in [0.4, 0.5) is 0 Å². The number of hydrogen-bond acceptors (Lipinski definition) is 2. The van der Waals surface area contributed by atoms with Crippen molar-refractivity contribution in [3.63, 3.8) is 0 Å². The predicted molar refractivity (Wildman–Crippen MR) is 86.2 cm³/mol. The van der Waals surface area contributed by atoms with Crippen molar-refractivity contribution in [1.82, 2.24) is 10.3 Å². The Morgan fingerprint density at radius 1 is 1.35 bits per heavy atom. The number of aromatic nitrogens is 1. The van der Waals surface area contributed by atoms with E-state index in [9.17, 15) is 0 Å². The highest BCUT2D eigenvalue weighted by Crippen LogP contribution is 2.24. The summed E-state index contributed by atoms with van der Waals surface area (Å²) in [6.07, 6.45) is 14.6. The summed E-state index contributed by atoms with van der Waals surface area (Å²) < 4.78 is 0. The van der Waals surface area contributed by atoms with Crippen LogP contribution in [0.25, 0.3) is 0 Å². The average molecular weight is 293 g/mol. The van der Waals surface area contributed by atoms with E-state index in [2.05, 4.69) is 23.3 Å². The first-order valence-electron chi connectivity index (χ1n) is 7.79. The molecule has 0 aliphatic heterocycles. The van der Waals surface area contributed by atoms with Crippen LogP contribution in [0.5, 0.6) is 0 Å². The Morgan fingerprint density at radius 3 is 2.95 bits per heavy atom. The van der Waals surface area contributed by atoms with Crippen LogP contribution in [0, 0.1) is 0 Å². The number of rotatable bonds is 7. The topological polar surface area (TPSA) is 24.9 Å². The highest BCUT2D eigenvalue weighted by atomic mass is 35.5. The van der Waals surface area contributed by atoms with Gasteiger partial charge in [0, 0.05) is 18.4 Å². The summed E-state index contributed by atoms with van der Waals surface area (Å²) in [6.45, 7) is 3.28. The van der Waals surface area contributed by atoms with Crippen molar-refractivity contribution < 1.29 is 0 Å². The Balaban J connectivity index is 1.99. The van der Waals surface area contributed by atoms with Crippen molar-refractivity contribution in [2.75, 3.05) is 6.54 Å². The van der Waals surface area contributed by atoms with Gasteiger partial charge < -0.3 is 5.32 Å². The molecule has 0 radical (unpaired) electrons. The van der Waals surface area contributed by atoms with E-state index in [1.165, 1.54) is 37.7 Å². The van der Waals surface area contributed by atoms with Crippen LogP contribution in [-0.4, -0.2) is 17.6 Å². The van der Waals surface area contributed by atoms with E-state index in [0.29, 0.717) is 6.04 Å². The van der Waals surface area contributed by atoms with Gasteiger partial charge in [-0.3, -0.25) is 4.98 Å². The Hall–Kier alpha value is -0.860. The largest absolute Gasteiger partial charge is 0.313 e. The predicted octanol–water partition coefficient (Wildman–Crippen LogP) is 4.54. The van der Waals surface area contributed by atoms with E-state index in [0.717, 1.165) is 24.4 Å². The molecule has 1 aliphatic carbocycles. The van der Waals surface area contributed by atoms with Gasteiger partial charge >= 0.3 is 0 Å². The average Bonchev–Trinajstić information content (AvgIpc) is 2.48. The van der Waals surface area contributed by atoms with Crippen molar-refractivity contribution in [2.45, 2.75) is 57.9 Å².